The van der Waals surface area contributed by atoms with Gasteiger partial charge in [-0.1, -0.05) is 0 Å². The molecule has 0 aliphatic rings. The topological polar surface area (TPSA) is 72.6 Å². The van der Waals surface area contributed by atoms with Gasteiger partial charge in [-0.25, -0.2) is 4.98 Å². The number of aryl methyl sites for hydroxylation is 1. The van der Waals surface area contributed by atoms with Crippen LogP contribution in [0, 0.1) is 6.92 Å². The first-order chi connectivity index (χ1) is 6.54. The van der Waals surface area contributed by atoms with Crippen LogP contribution in [0.15, 0.2) is 4.42 Å². The largest absolute Gasteiger partial charge is 0.469 e. The lowest BCUT2D eigenvalue weighted by atomic mass is 9.99. The molecule has 0 aromatic carbocycles. The van der Waals surface area contributed by atoms with Crippen molar-refractivity contribution in [2.45, 2.75) is 19.4 Å². The second kappa shape index (κ2) is 4.28. The molecule has 0 aliphatic heterocycles. The summed E-state index contributed by atoms with van der Waals surface area (Å²) in [6.45, 7) is 1.60. The maximum absolute atomic E-state index is 10.8. The first-order valence-electron chi connectivity index (χ1n) is 4.02. The summed E-state index contributed by atoms with van der Waals surface area (Å²) in [7, 11) is 6.68. The standard InChI is InChI=1S/C8H10BNO4/c1-4-10-8(9)7(14-4)5(11)3-6(12)13-2/h5,11H,3H2,1-2H3. The fourth-order valence-corrected chi connectivity index (χ4v) is 1.03. The summed E-state index contributed by atoms with van der Waals surface area (Å²) >= 11 is 0. The molecular weight excluding hydrogens is 185 g/mol. The lowest BCUT2D eigenvalue weighted by Gasteiger charge is -2.06. The van der Waals surface area contributed by atoms with Crippen molar-refractivity contribution in [3.8, 4) is 0 Å². The lowest BCUT2D eigenvalue weighted by Crippen LogP contribution is -2.16. The minimum atomic E-state index is -1.11. The van der Waals surface area contributed by atoms with Gasteiger partial charge in [0.15, 0.2) is 5.89 Å². The van der Waals surface area contributed by atoms with Gasteiger partial charge in [0.25, 0.3) is 0 Å². The van der Waals surface area contributed by atoms with E-state index in [0.29, 0.717) is 5.89 Å². The van der Waals surface area contributed by atoms with Crippen molar-refractivity contribution in [1.82, 2.24) is 4.98 Å². The highest BCUT2D eigenvalue weighted by Gasteiger charge is 2.19. The Morgan fingerprint density at radius 1 is 1.79 bits per heavy atom. The minimum absolute atomic E-state index is 0.0962. The first kappa shape index (κ1) is 10.8. The number of hydrogen-bond acceptors (Lipinski definition) is 5. The third-order valence-corrected chi connectivity index (χ3v) is 1.68. The fourth-order valence-electron chi connectivity index (χ4n) is 1.03. The van der Waals surface area contributed by atoms with Crippen LogP contribution in [0.4, 0.5) is 0 Å². The SMILES string of the molecule is [B]c1nc(C)oc1C(O)CC(=O)OC. The summed E-state index contributed by atoms with van der Waals surface area (Å²) in [4.78, 5) is 14.6. The predicted octanol–water partition coefficient (Wildman–Crippen LogP) is -0.627. The molecule has 0 fully saturated rings. The van der Waals surface area contributed by atoms with Crippen LogP contribution in [-0.2, 0) is 9.53 Å². The number of ether oxygens (including phenoxy) is 1. The number of carbonyl (C=O) groups is 1. The summed E-state index contributed by atoms with van der Waals surface area (Å²) in [6.07, 6.45) is -1.31. The van der Waals surface area contributed by atoms with Gasteiger partial charge in [0, 0.05) is 12.5 Å². The summed E-state index contributed by atoms with van der Waals surface area (Å²) in [5.74, 6) is -0.0831. The second-order valence-corrected chi connectivity index (χ2v) is 2.78. The molecule has 0 spiro atoms. The molecule has 0 saturated heterocycles. The molecule has 1 unspecified atom stereocenters. The highest BCUT2D eigenvalue weighted by molar-refractivity contribution is 6.31. The van der Waals surface area contributed by atoms with Crippen LogP contribution >= 0.6 is 0 Å². The van der Waals surface area contributed by atoms with Crippen molar-refractivity contribution in [3.63, 3.8) is 0 Å². The first-order valence-corrected chi connectivity index (χ1v) is 4.02. The molecule has 0 amide bonds. The van der Waals surface area contributed by atoms with E-state index in [4.69, 9.17) is 12.3 Å². The summed E-state index contributed by atoms with van der Waals surface area (Å²) < 4.78 is 9.41. The molecule has 1 heterocycles. The Kier molecular flexibility index (Phi) is 3.30. The quantitative estimate of drug-likeness (QED) is 0.513. The van der Waals surface area contributed by atoms with Gasteiger partial charge in [-0.05, 0) is 0 Å². The zero-order valence-electron chi connectivity index (χ0n) is 7.98. The minimum Gasteiger partial charge on any atom is -0.469 e. The maximum Gasteiger partial charge on any atom is 0.308 e. The van der Waals surface area contributed by atoms with Gasteiger partial charge in [-0.15, -0.1) is 0 Å². The molecule has 5 nitrogen and oxygen atoms in total. The molecule has 74 valence electrons. The third kappa shape index (κ3) is 2.35. The van der Waals surface area contributed by atoms with Crippen LogP contribution < -0.4 is 5.59 Å². The third-order valence-electron chi connectivity index (χ3n) is 1.68. The molecule has 1 N–H and O–H groups in total. The number of methoxy groups -OCH3 is 1. The summed E-state index contributed by atoms with van der Waals surface area (Å²) in [6, 6.07) is 0. The Balaban J connectivity index is 2.73. The Morgan fingerprint density at radius 2 is 2.43 bits per heavy atom. The van der Waals surface area contributed by atoms with E-state index in [1.165, 1.54) is 7.11 Å². The monoisotopic (exact) mass is 195 g/mol. The average molecular weight is 195 g/mol. The number of aromatic nitrogens is 1. The highest BCUT2D eigenvalue weighted by atomic mass is 16.5. The molecule has 0 saturated carbocycles. The van der Waals surface area contributed by atoms with Crippen LogP contribution in [0.2, 0.25) is 0 Å². The molecule has 1 atom stereocenters. The number of aliphatic hydroxyl groups is 1. The molecular formula is C8H10BNO4. The van der Waals surface area contributed by atoms with E-state index in [1.54, 1.807) is 6.92 Å². The van der Waals surface area contributed by atoms with Crippen molar-refractivity contribution in [1.29, 1.82) is 0 Å². The Morgan fingerprint density at radius 3 is 2.86 bits per heavy atom. The second-order valence-electron chi connectivity index (χ2n) is 2.78. The van der Waals surface area contributed by atoms with E-state index in [2.05, 4.69) is 9.72 Å². The molecule has 0 bridgehead atoms. The predicted molar refractivity (Wildman–Crippen MR) is 48.2 cm³/mol. The van der Waals surface area contributed by atoms with Crippen molar-refractivity contribution in [2.24, 2.45) is 0 Å². The summed E-state index contributed by atoms with van der Waals surface area (Å²) in [5, 5.41) is 9.50. The molecule has 2 radical (unpaired) electrons. The van der Waals surface area contributed by atoms with Gasteiger partial charge in [-0.2, -0.15) is 0 Å². The van der Waals surface area contributed by atoms with Gasteiger partial charge >= 0.3 is 5.97 Å². The van der Waals surface area contributed by atoms with Crippen molar-refractivity contribution in [2.75, 3.05) is 7.11 Å². The number of rotatable bonds is 3. The summed E-state index contributed by atoms with van der Waals surface area (Å²) in [5.41, 5.74) is 0.0962. The van der Waals surface area contributed by atoms with Gasteiger partial charge in [0.1, 0.15) is 19.7 Å². The number of hydrogen-bond donors (Lipinski definition) is 1. The van der Waals surface area contributed by atoms with Gasteiger partial charge in [0.05, 0.1) is 13.5 Å². The zero-order chi connectivity index (χ0) is 10.7. The van der Waals surface area contributed by atoms with Gasteiger partial charge in [-0.3, -0.25) is 4.79 Å². The Hall–Kier alpha value is -1.30. The van der Waals surface area contributed by atoms with E-state index >= 15 is 0 Å². The molecule has 6 heteroatoms. The number of aliphatic hydroxyl groups excluding tert-OH is 1. The maximum atomic E-state index is 10.8. The van der Waals surface area contributed by atoms with Crippen LogP contribution in [0.1, 0.15) is 24.2 Å². The van der Waals surface area contributed by atoms with Crippen LogP contribution in [-0.4, -0.2) is 31.0 Å². The van der Waals surface area contributed by atoms with Crippen LogP contribution in [0.25, 0.3) is 0 Å². The van der Waals surface area contributed by atoms with Gasteiger partial charge < -0.3 is 14.3 Å². The highest BCUT2D eigenvalue weighted by Crippen LogP contribution is 2.15. The van der Waals surface area contributed by atoms with Crippen LogP contribution in [0.5, 0.6) is 0 Å². The van der Waals surface area contributed by atoms with Crippen molar-refractivity contribution in [3.05, 3.63) is 11.7 Å². The normalized spacial score (nSPS) is 12.5. The van der Waals surface area contributed by atoms with Crippen LogP contribution in [0.3, 0.4) is 0 Å². The Labute approximate surface area is 82.5 Å². The molecule has 1 rings (SSSR count). The van der Waals surface area contributed by atoms with Crippen molar-refractivity contribution < 1.29 is 19.1 Å². The molecule has 1 aromatic heterocycles. The number of esters is 1. The molecule has 1 aromatic rings. The number of oxazole rings is 1. The molecule has 14 heavy (non-hydrogen) atoms. The average Bonchev–Trinajstić information content (AvgIpc) is 2.45. The number of carbonyl (C=O) groups excluding carboxylic acids is 1. The van der Waals surface area contributed by atoms with E-state index in [9.17, 15) is 9.90 Å². The Bertz CT molecular complexity index is 336. The van der Waals surface area contributed by atoms with E-state index < -0.39 is 12.1 Å². The molecule has 0 aliphatic carbocycles. The van der Waals surface area contributed by atoms with E-state index in [-0.39, 0.29) is 17.8 Å². The van der Waals surface area contributed by atoms with Gasteiger partial charge in [0.2, 0.25) is 0 Å². The number of nitrogens with zero attached hydrogens (tertiary/aromatic N) is 1. The van der Waals surface area contributed by atoms with Crippen molar-refractivity contribution >= 4 is 19.4 Å². The zero-order valence-corrected chi connectivity index (χ0v) is 7.98. The van der Waals surface area contributed by atoms with E-state index in [1.807, 2.05) is 0 Å². The fraction of sp³-hybridized carbons (Fsp3) is 0.500. The lowest BCUT2D eigenvalue weighted by molar-refractivity contribution is -0.143. The smallest absolute Gasteiger partial charge is 0.308 e. The van der Waals surface area contributed by atoms with E-state index in [0.717, 1.165) is 0 Å².